The summed E-state index contributed by atoms with van der Waals surface area (Å²) in [7, 11) is 1.95. The average Bonchev–Trinajstić information content (AvgIpc) is 3.52. The zero-order valence-electron chi connectivity index (χ0n) is 17.6. The molecule has 0 aromatic carbocycles. The molecule has 0 bridgehead atoms. The van der Waals surface area contributed by atoms with Crippen molar-refractivity contribution in [3.05, 3.63) is 64.4 Å². The summed E-state index contributed by atoms with van der Waals surface area (Å²) in [6.45, 7) is 3.42. The van der Waals surface area contributed by atoms with E-state index in [1.165, 1.54) is 10.4 Å². The van der Waals surface area contributed by atoms with Crippen LogP contribution in [0.5, 0.6) is 0 Å². The van der Waals surface area contributed by atoms with Gasteiger partial charge in [0.15, 0.2) is 0 Å². The van der Waals surface area contributed by atoms with Crippen LogP contribution in [0.25, 0.3) is 0 Å². The van der Waals surface area contributed by atoms with Crippen LogP contribution in [0.2, 0.25) is 0 Å². The molecule has 1 saturated heterocycles. The number of fused-ring (bicyclic) bond motifs is 3. The highest BCUT2D eigenvalue weighted by Crippen LogP contribution is 2.35. The van der Waals surface area contributed by atoms with Gasteiger partial charge < -0.3 is 14.6 Å². The molecule has 176 valence electrons. The van der Waals surface area contributed by atoms with E-state index in [1.807, 2.05) is 30.1 Å². The van der Waals surface area contributed by atoms with Crippen LogP contribution < -0.4 is 0 Å². The normalized spacial score (nSPS) is 20.2. The van der Waals surface area contributed by atoms with Gasteiger partial charge in [-0.25, -0.2) is 4.79 Å². The molecule has 2 atom stereocenters. The number of nitrogens with zero attached hydrogens (tertiary/aromatic N) is 5. The molecular formula is C21H22F3N5O3S. The zero-order chi connectivity index (χ0) is 23.8. The Morgan fingerprint density at radius 1 is 1.21 bits per heavy atom. The molecule has 0 aliphatic carbocycles. The molecule has 5 rings (SSSR count). The number of alkyl halides is 3. The van der Waals surface area contributed by atoms with E-state index in [0.29, 0.717) is 12.6 Å². The largest absolute Gasteiger partial charge is 0.490 e. The van der Waals surface area contributed by atoms with Crippen molar-refractivity contribution in [2.75, 3.05) is 13.1 Å². The van der Waals surface area contributed by atoms with Crippen LogP contribution in [0.3, 0.4) is 0 Å². The van der Waals surface area contributed by atoms with Crippen molar-refractivity contribution in [2.45, 2.75) is 31.3 Å². The highest BCUT2D eigenvalue weighted by atomic mass is 32.1. The van der Waals surface area contributed by atoms with Gasteiger partial charge in [0.2, 0.25) is 0 Å². The van der Waals surface area contributed by atoms with Crippen molar-refractivity contribution in [2.24, 2.45) is 7.05 Å². The SMILES string of the molecule is Cn1cc(CN2CC3C(C2)n2cccc2C(=O)N3Cc2cccs2)cn1.O=C(O)C(F)(F)F. The van der Waals surface area contributed by atoms with E-state index < -0.39 is 12.1 Å². The Morgan fingerprint density at radius 3 is 2.55 bits per heavy atom. The Labute approximate surface area is 191 Å². The number of thiophene rings is 1. The Hall–Kier alpha value is -3.12. The van der Waals surface area contributed by atoms with Crippen LogP contribution in [0, 0.1) is 0 Å². The van der Waals surface area contributed by atoms with Gasteiger partial charge in [0.1, 0.15) is 5.69 Å². The highest BCUT2D eigenvalue weighted by Gasteiger charge is 2.45. The fourth-order valence-corrected chi connectivity index (χ4v) is 4.99. The minimum absolute atomic E-state index is 0.146. The molecule has 1 N–H and O–H groups in total. The van der Waals surface area contributed by atoms with Crippen molar-refractivity contribution in [3.63, 3.8) is 0 Å². The lowest BCUT2D eigenvalue weighted by atomic mass is 10.1. The number of halogens is 3. The predicted molar refractivity (Wildman–Crippen MR) is 114 cm³/mol. The molecule has 3 aromatic heterocycles. The molecule has 1 fully saturated rings. The Bertz CT molecular complexity index is 1120. The van der Waals surface area contributed by atoms with E-state index in [1.54, 1.807) is 11.3 Å². The van der Waals surface area contributed by atoms with Crippen LogP contribution in [0.15, 0.2) is 48.2 Å². The molecule has 3 aromatic rings. The lowest BCUT2D eigenvalue weighted by molar-refractivity contribution is -0.192. The molecule has 8 nitrogen and oxygen atoms in total. The minimum Gasteiger partial charge on any atom is -0.475 e. The van der Waals surface area contributed by atoms with Crippen LogP contribution >= 0.6 is 11.3 Å². The van der Waals surface area contributed by atoms with Crippen LogP contribution in [0.1, 0.15) is 27.0 Å². The van der Waals surface area contributed by atoms with Gasteiger partial charge in [-0.15, -0.1) is 11.3 Å². The number of aromatic nitrogens is 3. The summed E-state index contributed by atoms with van der Waals surface area (Å²) >= 11 is 1.72. The number of likely N-dealkylation sites (tertiary alicyclic amines) is 1. The Morgan fingerprint density at radius 2 is 1.94 bits per heavy atom. The van der Waals surface area contributed by atoms with Crippen LogP contribution in [-0.2, 0) is 24.9 Å². The third kappa shape index (κ3) is 4.96. The summed E-state index contributed by atoms with van der Waals surface area (Å²) in [5.74, 6) is -2.61. The first kappa shape index (κ1) is 23.1. The van der Waals surface area contributed by atoms with Gasteiger partial charge in [-0.3, -0.25) is 14.4 Å². The molecule has 2 unspecified atom stereocenters. The third-order valence-electron chi connectivity index (χ3n) is 5.66. The maximum atomic E-state index is 13.1. The quantitative estimate of drug-likeness (QED) is 0.620. The molecule has 2 aliphatic heterocycles. The number of aryl methyl sites for hydroxylation is 1. The highest BCUT2D eigenvalue weighted by molar-refractivity contribution is 7.09. The van der Waals surface area contributed by atoms with E-state index in [-0.39, 0.29) is 11.9 Å². The second-order valence-corrected chi connectivity index (χ2v) is 9.00. The second-order valence-electron chi connectivity index (χ2n) is 7.97. The molecule has 0 spiro atoms. The van der Waals surface area contributed by atoms with Gasteiger partial charge >= 0.3 is 12.1 Å². The van der Waals surface area contributed by atoms with E-state index >= 15 is 0 Å². The average molecular weight is 482 g/mol. The number of hydrogen-bond acceptors (Lipinski definition) is 5. The molecule has 0 radical (unpaired) electrons. The Kier molecular flexibility index (Phi) is 6.30. The molecule has 5 heterocycles. The fraction of sp³-hybridized carbons (Fsp3) is 0.381. The van der Waals surface area contributed by atoms with Crippen molar-refractivity contribution < 1.29 is 27.9 Å². The number of aliphatic carboxylic acids is 1. The minimum atomic E-state index is -5.08. The number of rotatable bonds is 4. The first-order chi connectivity index (χ1) is 15.6. The van der Waals surface area contributed by atoms with Gasteiger partial charge in [0, 0.05) is 49.5 Å². The Balaban J connectivity index is 0.000000325. The van der Waals surface area contributed by atoms with E-state index in [9.17, 15) is 18.0 Å². The standard InChI is InChI=1S/C19H21N5OS.C2HF3O2/c1-21-9-14(8-20-21)10-22-12-17-18(13-22)24(11-15-4-3-7-26-15)19(25)16-5-2-6-23(16)17;3-2(4,5)1(6)7/h2-9,17-18H,10-13H2,1H3;(H,6,7). The lowest BCUT2D eigenvalue weighted by Gasteiger charge is -2.38. The van der Waals surface area contributed by atoms with Gasteiger partial charge in [0.05, 0.1) is 24.8 Å². The van der Waals surface area contributed by atoms with Crippen LogP contribution in [-0.4, -0.2) is 66.4 Å². The van der Waals surface area contributed by atoms with Gasteiger partial charge in [-0.1, -0.05) is 6.07 Å². The summed E-state index contributed by atoms with van der Waals surface area (Å²) in [6.07, 6.45) is 0.968. The van der Waals surface area contributed by atoms with Crippen molar-refractivity contribution in [1.29, 1.82) is 0 Å². The maximum absolute atomic E-state index is 13.1. The fourth-order valence-electron chi connectivity index (χ4n) is 4.29. The molecule has 0 saturated carbocycles. The number of carboxylic acid groups (broad SMARTS) is 1. The molecular weight excluding hydrogens is 459 g/mol. The van der Waals surface area contributed by atoms with Gasteiger partial charge in [-0.05, 0) is 23.6 Å². The number of hydrogen-bond donors (Lipinski definition) is 1. The summed E-state index contributed by atoms with van der Waals surface area (Å²) in [5.41, 5.74) is 2.03. The molecule has 2 aliphatic rings. The van der Waals surface area contributed by atoms with Crippen LogP contribution in [0.4, 0.5) is 13.2 Å². The smallest absolute Gasteiger partial charge is 0.475 e. The molecule has 12 heteroatoms. The second kappa shape index (κ2) is 9.02. The topological polar surface area (TPSA) is 83.6 Å². The lowest BCUT2D eigenvalue weighted by Crippen LogP contribution is -2.49. The number of carbonyl (C=O) groups is 2. The predicted octanol–water partition coefficient (Wildman–Crippen LogP) is 3.00. The first-order valence-corrected chi connectivity index (χ1v) is 11.0. The number of amides is 1. The van der Waals surface area contributed by atoms with E-state index in [4.69, 9.17) is 9.90 Å². The van der Waals surface area contributed by atoms with Crippen molar-refractivity contribution in [3.8, 4) is 0 Å². The van der Waals surface area contributed by atoms with Gasteiger partial charge in [-0.2, -0.15) is 18.3 Å². The molecule has 1 amide bonds. The zero-order valence-corrected chi connectivity index (χ0v) is 18.5. The third-order valence-corrected chi connectivity index (χ3v) is 6.53. The van der Waals surface area contributed by atoms with Crippen molar-refractivity contribution in [1.82, 2.24) is 24.1 Å². The number of carboxylic acids is 1. The summed E-state index contributed by atoms with van der Waals surface area (Å²) in [4.78, 5) is 27.7. The summed E-state index contributed by atoms with van der Waals surface area (Å²) < 4.78 is 35.8. The number of carbonyl (C=O) groups excluding carboxylic acids is 1. The van der Waals surface area contributed by atoms with E-state index in [2.05, 4.69) is 49.4 Å². The monoisotopic (exact) mass is 481 g/mol. The van der Waals surface area contributed by atoms with Gasteiger partial charge in [0.25, 0.3) is 5.91 Å². The maximum Gasteiger partial charge on any atom is 0.490 e. The summed E-state index contributed by atoms with van der Waals surface area (Å²) in [6, 6.07) is 8.63. The molecule has 33 heavy (non-hydrogen) atoms. The first-order valence-electron chi connectivity index (χ1n) is 10.1. The van der Waals surface area contributed by atoms with Crippen molar-refractivity contribution >= 4 is 23.2 Å². The summed E-state index contributed by atoms with van der Waals surface area (Å²) in [5, 5.41) is 13.5. The van der Waals surface area contributed by atoms with E-state index in [0.717, 1.165) is 25.3 Å².